The van der Waals surface area contributed by atoms with Crippen molar-refractivity contribution in [3.8, 4) is 17.2 Å². The molecule has 0 atom stereocenters. The number of para-hydroxylation sites is 1. The highest BCUT2D eigenvalue weighted by Gasteiger charge is 2.30. The van der Waals surface area contributed by atoms with Crippen molar-refractivity contribution < 1.29 is 4.74 Å². The van der Waals surface area contributed by atoms with Crippen LogP contribution in [-0.2, 0) is 0 Å². The summed E-state index contributed by atoms with van der Waals surface area (Å²) in [4.78, 5) is 25.1. The highest BCUT2D eigenvalue weighted by molar-refractivity contribution is 5.84. The van der Waals surface area contributed by atoms with E-state index in [1.165, 1.54) is 19.2 Å². The first-order valence-corrected chi connectivity index (χ1v) is 12.7. The van der Waals surface area contributed by atoms with Crippen molar-refractivity contribution in [3.05, 3.63) is 71.4 Å². The Kier molecular flexibility index (Phi) is 6.16. The van der Waals surface area contributed by atoms with Crippen LogP contribution >= 0.6 is 0 Å². The number of aromatic nitrogens is 4. The largest absolute Gasteiger partial charge is 0.457 e. The quantitative estimate of drug-likeness (QED) is 0.447. The van der Waals surface area contributed by atoms with Crippen molar-refractivity contribution in [2.45, 2.75) is 37.8 Å². The van der Waals surface area contributed by atoms with Gasteiger partial charge in [0.15, 0.2) is 11.5 Å². The molecule has 2 fully saturated rings. The van der Waals surface area contributed by atoms with E-state index in [9.17, 15) is 4.79 Å². The van der Waals surface area contributed by atoms with Crippen molar-refractivity contribution >= 4 is 17.0 Å². The molecule has 2 aliphatic rings. The molecule has 0 spiro atoms. The monoisotopic (exact) mass is 485 g/mol. The second-order valence-corrected chi connectivity index (χ2v) is 9.58. The summed E-state index contributed by atoms with van der Waals surface area (Å²) in [6.45, 7) is 4.15. The predicted octanol–water partition coefficient (Wildman–Crippen LogP) is 3.35. The molecule has 4 aromatic rings. The fraction of sp³-hybridized carbons (Fsp3) is 0.370. The molecule has 0 radical (unpaired) electrons. The number of nitrogens with two attached hydrogens (primary N) is 1. The SMILES string of the molecule is Nc1ncnc2c1n(-c1ccc(Oc3ccccc3)cc1)c(=O)n2C1CCN(C2CCNCC2)CC1. The fourth-order valence-electron chi connectivity index (χ4n) is 5.60. The van der Waals surface area contributed by atoms with Gasteiger partial charge in [-0.2, -0.15) is 0 Å². The van der Waals surface area contributed by atoms with E-state index in [-0.39, 0.29) is 11.7 Å². The van der Waals surface area contributed by atoms with Gasteiger partial charge in [0, 0.05) is 25.2 Å². The molecule has 0 aliphatic carbocycles. The molecule has 6 rings (SSSR count). The lowest BCUT2D eigenvalue weighted by atomic mass is 9.98. The van der Waals surface area contributed by atoms with Crippen LogP contribution in [0.5, 0.6) is 11.5 Å². The zero-order valence-electron chi connectivity index (χ0n) is 20.2. The third-order valence-corrected chi connectivity index (χ3v) is 7.44. The van der Waals surface area contributed by atoms with Crippen LogP contribution in [0.15, 0.2) is 65.7 Å². The van der Waals surface area contributed by atoms with E-state index in [4.69, 9.17) is 10.5 Å². The number of fused-ring (bicyclic) bond motifs is 1. The summed E-state index contributed by atoms with van der Waals surface area (Å²) < 4.78 is 9.39. The molecule has 0 bridgehead atoms. The van der Waals surface area contributed by atoms with Crippen LogP contribution in [0, 0.1) is 0 Å². The zero-order valence-corrected chi connectivity index (χ0v) is 20.2. The van der Waals surface area contributed by atoms with E-state index in [0.29, 0.717) is 34.5 Å². The van der Waals surface area contributed by atoms with Crippen LogP contribution in [0.1, 0.15) is 31.7 Å². The van der Waals surface area contributed by atoms with E-state index in [1.807, 2.05) is 59.2 Å². The molecule has 9 heteroatoms. The van der Waals surface area contributed by atoms with Crippen LogP contribution in [0.4, 0.5) is 5.82 Å². The van der Waals surface area contributed by atoms with Gasteiger partial charge >= 0.3 is 5.69 Å². The second kappa shape index (κ2) is 9.75. The first-order valence-electron chi connectivity index (χ1n) is 12.7. The Morgan fingerprint density at radius 2 is 1.56 bits per heavy atom. The van der Waals surface area contributed by atoms with E-state index in [2.05, 4.69) is 20.2 Å². The first-order chi connectivity index (χ1) is 17.7. The molecule has 0 unspecified atom stereocenters. The molecule has 186 valence electrons. The number of nitrogens with one attached hydrogen (secondary N) is 1. The molecular weight excluding hydrogens is 454 g/mol. The molecule has 3 N–H and O–H groups in total. The highest BCUT2D eigenvalue weighted by atomic mass is 16.5. The topological polar surface area (TPSA) is 103 Å². The molecular formula is C27H31N7O2. The number of hydrogen-bond donors (Lipinski definition) is 2. The number of nitrogen functional groups attached to an aromatic ring is 1. The van der Waals surface area contributed by atoms with Gasteiger partial charge < -0.3 is 20.7 Å². The normalized spacial score (nSPS) is 18.0. The number of likely N-dealkylation sites (tertiary alicyclic amines) is 1. The van der Waals surface area contributed by atoms with Crippen molar-refractivity contribution in [1.82, 2.24) is 29.3 Å². The average molecular weight is 486 g/mol. The first kappa shape index (κ1) is 22.8. The van der Waals surface area contributed by atoms with Gasteiger partial charge in [-0.15, -0.1) is 0 Å². The minimum absolute atomic E-state index is 0.0780. The minimum atomic E-state index is -0.130. The summed E-state index contributed by atoms with van der Waals surface area (Å²) in [5.74, 6) is 1.75. The third kappa shape index (κ3) is 4.25. The maximum Gasteiger partial charge on any atom is 0.335 e. The molecule has 9 nitrogen and oxygen atoms in total. The Morgan fingerprint density at radius 1 is 0.861 bits per heavy atom. The van der Waals surface area contributed by atoms with Crippen LogP contribution in [0.3, 0.4) is 0 Å². The molecule has 4 heterocycles. The smallest absolute Gasteiger partial charge is 0.335 e. The number of nitrogens with zero attached hydrogens (tertiary/aromatic N) is 5. The summed E-state index contributed by atoms with van der Waals surface area (Å²) in [6, 6.07) is 17.8. The van der Waals surface area contributed by atoms with Crippen LogP contribution in [0.25, 0.3) is 16.9 Å². The maximum atomic E-state index is 13.8. The van der Waals surface area contributed by atoms with Gasteiger partial charge in [0.05, 0.1) is 5.69 Å². The Hall–Kier alpha value is -3.69. The zero-order chi connectivity index (χ0) is 24.5. The summed E-state index contributed by atoms with van der Waals surface area (Å²) in [5, 5.41) is 3.45. The predicted molar refractivity (Wildman–Crippen MR) is 140 cm³/mol. The summed E-state index contributed by atoms with van der Waals surface area (Å²) in [5.41, 5.74) is 8.02. The van der Waals surface area contributed by atoms with Crippen molar-refractivity contribution in [1.29, 1.82) is 0 Å². The number of imidazole rings is 1. The molecule has 2 aromatic carbocycles. The average Bonchev–Trinajstić information content (AvgIpc) is 3.23. The van der Waals surface area contributed by atoms with Crippen molar-refractivity contribution in [3.63, 3.8) is 0 Å². The van der Waals surface area contributed by atoms with Gasteiger partial charge in [-0.3, -0.25) is 9.13 Å². The summed E-state index contributed by atoms with van der Waals surface area (Å²) in [6.07, 6.45) is 5.65. The molecule has 0 amide bonds. The molecule has 2 saturated heterocycles. The maximum absolute atomic E-state index is 13.8. The molecule has 0 saturated carbocycles. The Morgan fingerprint density at radius 3 is 2.28 bits per heavy atom. The summed E-state index contributed by atoms with van der Waals surface area (Å²) >= 11 is 0. The van der Waals surface area contributed by atoms with Gasteiger partial charge in [-0.1, -0.05) is 18.2 Å². The highest BCUT2D eigenvalue weighted by Crippen LogP contribution is 2.30. The van der Waals surface area contributed by atoms with Crippen LogP contribution in [0.2, 0.25) is 0 Å². The van der Waals surface area contributed by atoms with E-state index in [0.717, 1.165) is 44.8 Å². The third-order valence-electron chi connectivity index (χ3n) is 7.44. The van der Waals surface area contributed by atoms with Crippen LogP contribution in [-0.4, -0.2) is 56.2 Å². The molecule has 36 heavy (non-hydrogen) atoms. The molecule has 2 aromatic heterocycles. The number of ether oxygens (including phenoxy) is 1. The van der Waals surface area contributed by atoms with Crippen molar-refractivity contribution in [2.75, 3.05) is 31.9 Å². The lowest BCUT2D eigenvalue weighted by molar-refractivity contribution is 0.113. The van der Waals surface area contributed by atoms with Gasteiger partial charge in [-0.25, -0.2) is 14.8 Å². The molecule has 2 aliphatic heterocycles. The lowest BCUT2D eigenvalue weighted by Crippen LogP contribution is -2.47. The van der Waals surface area contributed by atoms with E-state index in [1.54, 1.807) is 4.57 Å². The lowest BCUT2D eigenvalue weighted by Gasteiger charge is -2.39. The van der Waals surface area contributed by atoms with Crippen molar-refractivity contribution in [2.24, 2.45) is 0 Å². The fourth-order valence-corrected chi connectivity index (χ4v) is 5.60. The minimum Gasteiger partial charge on any atom is -0.457 e. The van der Waals surface area contributed by atoms with Gasteiger partial charge in [0.25, 0.3) is 0 Å². The Bertz CT molecular complexity index is 1380. The number of anilines is 1. The second-order valence-electron chi connectivity index (χ2n) is 9.58. The van der Waals surface area contributed by atoms with Crippen LogP contribution < -0.4 is 21.5 Å². The van der Waals surface area contributed by atoms with Gasteiger partial charge in [0.2, 0.25) is 0 Å². The van der Waals surface area contributed by atoms with Gasteiger partial charge in [0.1, 0.15) is 23.3 Å². The Balaban J connectivity index is 1.30. The summed E-state index contributed by atoms with van der Waals surface area (Å²) in [7, 11) is 0. The van der Waals surface area contributed by atoms with E-state index < -0.39 is 0 Å². The number of rotatable bonds is 5. The number of piperidine rings is 2. The number of hydrogen-bond acceptors (Lipinski definition) is 7. The Labute approximate surface area is 209 Å². The standard InChI is InChI=1S/C27H31N7O2/c28-25-24-26(31-18-30-25)34(21-12-16-32(17-13-21)19-10-14-29-15-11-19)27(35)33(24)20-6-8-23(9-7-20)36-22-4-2-1-3-5-22/h1-9,18-19,21,29H,10-17H2,(H2,28,30,31). The number of benzene rings is 2. The van der Waals surface area contributed by atoms with E-state index >= 15 is 0 Å². The van der Waals surface area contributed by atoms with Gasteiger partial charge in [-0.05, 0) is 75.2 Å².